The first kappa shape index (κ1) is 18.2. The summed E-state index contributed by atoms with van der Waals surface area (Å²) in [5, 5.41) is 7.19. The van der Waals surface area contributed by atoms with Gasteiger partial charge in [0, 0.05) is 44.6 Å². The molecule has 1 N–H and O–H groups in total. The summed E-state index contributed by atoms with van der Waals surface area (Å²) >= 11 is 0. The first-order chi connectivity index (χ1) is 12.5. The van der Waals surface area contributed by atoms with Gasteiger partial charge in [-0.2, -0.15) is 5.10 Å². The van der Waals surface area contributed by atoms with Gasteiger partial charge in [0.05, 0.1) is 12.6 Å². The van der Waals surface area contributed by atoms with Gasteiger partial charge in [0.1, 0.15) is 5.69 Å². The topological polar surface area (TPSA) is 72.2 Å². The molecule has 26 heavy (non-hydrogen) atoms. The van der Waals surface area contributed by atoms with Crippen LogP contribution >= 0.6 is 0 Å². The molecule has 1 aliphatic rings. The zero-order valence-electron chi connectivity index (χ0n) is 15.7. The Balaban J connectivity index is 1.71. The number of aromatic nitrogens is 3. The van der Waals surface area contributed by atoms with Crippen LogP contribution < -0.4 is 5.32 Å². The average Bonchev–Trinajstić information content (AvgIpc) is 3.24. The van der Waals surface area contributed by atoms with Gasteiger partial charge in [-0.3, -0.25) is 14.3 Å². The molecule has 1 fully saturated rings. The van der Waals surface area contributed by atoms with Crippen molar-refractivity contribution in [2.75, 3.05) is 6.54 Å². The third kappa shape index (κ3) is 3.81. The third-order valence-corrected chi connectivity index (χ3v) is 5.04. The van der Waals surface area contributed by atoms with Crippen molar-refractivity contribution >= 4 is 11.8 Å². The maximum atomic E-state index is 12.7. The fourth-order valence-corrected chi connectivity index (χ4v) is 3.74. The summed E-state index contributed by atoms with van der Waals surface area (Å²) in [6, 6.07) is 5.69. The van der Waals surface area contributed by atoms with Gasteiger partial charge in [-0.1, -0.05) is 0 Å². The first-order valence-corrected chi connectivity index (χ1v) is 9.18. The second-order valence-corrected chi connectivity index (χ2v) is 7.03. The number of nitrogens with zero attached hydrogens (tertiary/aromatic N) is 4. The van der Waals surface area contributed by atoms with E-state index < -0.39 is 0 Å². The molecule has 0 aromatic carbocycles. The smallest absolute Gasteiger partial charge is 0.268 e. The second kappa shape index (κ2) is 7.76. The Labute approximate surface area is 154 Å². The number of carbonyl (C=O) groups excluding carboxylic acids is 2. The molecule has 7 heteroatoms. The molecule has 140 valence electrons. The normalized spacial score (nSPS) is 18.6. The van der Waals surface area contributed by atoms with Crippen LogP contribution in [0.15, 0.2) is 30.6 Å². The highest BCUT2D eigenvalue weighted by atomic mass is 16.2. The Kier molecular flexibility index (Phi) is 5.44. The minimum Gasteiger partial charge on any atom is -0.346 e. The van der Waals surface area contributed by atoms with Gasteiger partial charge in [0.25, 0.3) is 5.91 Å². The lowest BCUT2D eigenvalue weighted by Gasteiger charge is -2.35. The van der Waals surface area contributed by atoms with Gasteiger partial charge >= 0.3 is 0 Å². The number of nitrogens with one attached hydrogen (secondary N) is 1. The van der Waals surface area contributed by atoms with Gasteiger partial charge in [-0.15, -0.1) is 0 Å². The lowest BCUT2D eigenvalue weighted by atomic mass is 9.99. The molecular weight excluding hydrogens is 330 g/mol. The summed E-state index contributed by atoms with van der Waals surface area (Å²) in [6.45, 7) is 4.98. The third-order valence-electron chi connectivity index (χ3n) is 5.04. The molecule has 1 aliphatic heterocycles. The number of amides is 2. The molecule has 0 spiro atoms. The molecule has 0 radical (unpaired) electrons. The largest absolute Gasteiger partial charge is 0.346 e. The summed E-state index contributed by atoms with van der Waals surface area (Å²) < 4.78 is 3.72. The Hall–Kier alpha value is -2.57. The fraction of sp³-hybridized carbons (Fsp3) is 0.526. The van der Waals surface area contributed by atoms with Crippen LogP contribution in [0.4, 0.5) is 0 Å². The van der Waals surface area contributed by atoms with Crippen molar-refractivity contribution in [1.29, 1.82) is 0 Å². The monoisotopic (exact) mass is 357 g/mol. The number of hydrogen-bond acceptors (Lipinski definition) is 3. The standard InChI is InChI=1S/C19H27N5O2/c1-14(13-23-11-6-10-20-23)21-19(26)18-9-8-16(22(18)3)17-7-4-5-12-24(17)15(2)25/h6,8-11,14,17H,4-5,7,12-13H2,1-3H3,(H,21,26)/t14-,17-/m1/s1. The minimum absolute atomic E-state index is 0.0378. The summed E-state index contributed by atoms with van der Waals surface area (Å²) in [5.74, 6) is -0.0154. The van der Waals surface area contributed by atoms with Crippen LogP contribution in [0.25, 0.3) is 0 Å². The summed E-state index contributed by atoms with van der Waals surface area (Å²) in [6.07, 6.45) is 6.68. The van der Waals surface area contributed by atoms with Crippen LogP contribution in [0.5, 0.6) is 0 Å². The van der Waals surface area contributed by atoms with Crippen LogP contribution in [-0.2, 0) is 18.4 Å². The van der Waals surface area contributed by atoms with Gasteiger partial charge in [0.2, 0.25) is 5.91 Å². The zero-order valence-corrected chi connectivity index (χ0v) is 15.7. The molecule has 3 rings (SSSR count). The number of likely N-dealkylation sites (tertiary alicyclic amines) is 1. The number of piperidine rings is 1. The van der Waals surface area contributed by atoms with E-state index in [0.717, 1.165) is 31.5 Å². The van der Waals surface area contributed by atoms with E-state index in [4.69, 9.17) is 0 Å². The van der Waals surface area contributed by atoms with Crippen molar-refractivity contribution < 1.29 is 9.59 Å². The molecule has 2 atom stereocenters. The highest BCUT2D eigenvalue weighted by molar-refractivity contribution is 5.93. The van der Waals surface area contributed by atoms with Crippen LogP contribution in [0.2, 0.25) is 0 Å². The lowest BCUT2D eigenvalue weighted by Crippen LogP contribution is -2.39. The Morgan fingerprint density at radius 3 is 2.85 bits per heavy atom. The quantitative estimate of drug-likeness (QED) is 0.891. The van der Waals surface area contributed by atoms with Crippen molar-refractivity contribution in [1.82, 2.24) is 24.6 Å². The predicted molar refractivity (Wildman–Crippen MR) is 98.5 cm³/mol. The summed E-state index contributed by atoms with van der Waals surface area (Å²) in [4.78, 5) is 26.6. The molecule has 1 saturated heterocycles. The van der Waals surface area contributed by atoms with Crippen molar-refractivity contribution in [3.63, 3.8) is 0 Å². The van der Waals surface area contributed by atoms with E-state index in [1.807, 2.05) is 47.8 Å². The molecular formula is C19H27N5O2. The van der Waals surface area contributed by atoms with Crippen LogP contribution in [-0.4, -0.2) is 43.6 Å². The second-order valence-electron chi connectivity index (χ2n) is 7.03. The van der Waals surface area contributed by atoms with Crippen LogP contribution in [0, 0.1) is 0 Å². The number of rotatable bonds is 5. The molecule has 2 aromatic rings. The van der Waals surface area contributed by atoms with E-state index >= 15 is 0 Å². The van der Waals surface area contributed by atoms with Crippen molar-refractivity contribution in [2.24, 2.45) is 7.05 Å². The molecule has 0 aliphatic carbocycles. The highest BCUT2D eigenvalue weighted by Gasteiger charge is 2.29. The van der Waals surface area contributed by atoms with E-state index in [9.17, 15) is 9.59 Å². The fourth-order valence-electron chi connectivity index (χ4n) is 3.74. The van der Waals surface area contributed by atoms with Crippen LogP contribution in [0.1, 0.15) is 55.3 Å². The molecule has 2 aromatic heterocycles. The van der Waals surface area contributed by atoms with E-state index in [0.29, 0.717) is 12.2 Å². The van der Waals surface area contributed by atoms with E-state index in [1.54, 1.807) is 17.8 Å². The van der Waals surface area contributed by atoms with Gasteiger partial charge in [-0.25, -0.2) is 0 Å². The van der Waals surface area contributed by atoms with E-state index in [1.165, 1.54) is 0 Å². The van der Waals surface area contributed by atoms with Crippen molar-refractivity contribution in [3.8, 4) is 0 Å². The lowest BCUT2D eigenvalue weighted by molar-refractivity contribution is -0.132. The number of carbonyl (C=O) groups is 2. The molecule has 0 unspecified atom stereocenters. The van der Waals surface area contributed by atoms with E-state index in [2.05, 4.69) is 10.4 Å². The summed E-state index contributed by atoms with van der Waals surface area (Å²) in [7, 11) is 1.90. The molecule has 0 saturated carbocycles. The number of hydrogen-bond donors (Lipinski definition) is 1. The predicted octanol–water partition coefficient (Wildman–Crippen LogP) is 2.11. The highest BCUT2D eigenvalue weighted by Crippen LogP contribution is 2.31. The SMILES string of the molecule is CC(=O)N1CCCC[C@@H]1c1ccc(C(=O)N[C@H](C)Cn2cccn2)n1C. The summed E-state index contributed by atoms with van der Waals surface area (Å²) in [5.41, 5.74) is 1.63. The molecule has 7 nitrogen and oxygen atoms in total. The molecule has 3 heterocycles. The Morgan fingerprint density at radius 1 is 1.35 bits per heavy atom. The van der Waals surface area contributed by atoms with Gasteiger partial charge < -0.3 is 14.8 Å². The van der Waals surface area contributed by atoms with Gasteiger partial charge in [0.15, 0.2) is 0 Å². The average molecular weight is 357 g/mol. The van der Waals surface area contributed by atoms with E-state index in [-0.39, 0.29) is 23.9 Å². The minimum atomic E-state index is -0.108. The van der Waals surface area contributed by atoms with Crippen molar-refractivity contribution in [3.05, 3.63) is 42.0 Å². The van der Waals surface area contributed by atoms with Crippen LogP contribution in [0.3, 0.4) is 0 Å². The maximum Gasteiger partial charge on any atom is 0.268 e. The Morgan fingerprint density at radius 2 is 2.15 bits per heavy atom. The maximum absolute atomic E-state index is 12.7. The molecule has 0 bridgehead atoms. The van der Waals surface area contributed by atoms with Crippen molar-refractivity contribution in [2.45, 2.75) is 51.7 Å². The Bertz CT molecular complexity index is 765. The first-order valence-electron chi connectivity index (χ1n) is 9.18. The molecule has 2 amide bonds. The zero-order chi connectivity index (χ0) is 18.7. The van der Waals surface area contributed by atoms with Gasteiger partial charge in [-0.05, 0) is 44.4 Å².